The Labute approximate surface area is 317 Å². The molecule has 0 saturated heterocycles. The lowest BCUT2D eigenvalue weighted by atomic mass is 10.0. The Hall–Kier alpha value is -7.70. The van der Waals surface area contributed by atoms with E-state index in [-0.39, 0.29) is 0 Å². The lowest BCUT2D eigenvalue weighted by molar-refractivity contribution is 0.661. The zero-order valence-corrected chi connectivity index (χ0v) is 29.7. The SMILES string of the molecule is c1ccc2cc3c(cc2c1)c1cc2c(c4ccccc4n2-c2nc(-n4c5ccccc5c5ccccc54)c4oc5ccccc5c4n2)c2c4ccccc4n3c12. The Balaban J connectivity index is 1.20. The summed E-state index contributed by atoms with van der Waals surface area (Å²) in [6.07, 6.45) is 0. The predicted octanol–water partition coefficient (Wildman–Crippen LogP) is 12.9. The Morgan fingerprint density at radius 1 is 0.393 bits per heavy atom. The molecule has 0 radical (unpaired) electrons. The van der Waals surface area contributed by atoms with Gasteiger partial charge in [0.15, 0.2) is 11.4 Å². The van der Waals surface area contributed by atoms with Crippen LogP contribution >= 0.6 is 0 Å². The number of aromatic nitrogens is 5. The molecule has 0 saturated carbocycles. The number of fused-ring (bicyclic) bond motifs is 17. The van der Waals surface area contributed by atoms with E-state index >= 15 is 0 Å². The van der Waals surface area contributed by atoms with Gasteiger partial charge in [0.05, 0.1) is 38.6 Å². The number of hydrogen-bond donors (Lipinski definition) is 0. The van der Waals surface area contributed by atoms with Crippen LogP contribution in [-0.4, -0.2) is 23.5 Å². The topological polar surface area (TPSA) is 53.2 Å². The smallest absolute Gasteiger partial charge is 0.237 e. The third-order valence-corrected chi connectivity index (χ3v) is 12.1. The fourth-order valence-electron chi connectivity index (χ4n) is 9.88. The standard InChI is InChI=1S/C50H27N5O/c1-2-14-29-26-41-35(25-28(29)13-1)36-27-42-44(45-33-18-6-10-22-39(33)53(41)47(36)45)32-17-5-11-23-40(32)55(42)50-51-46-34-19-7-12-24-43(34)56-48(46)49(52-50)54-37-20-8-3-15-30(37)31-16-4-9-21-38(31)54/h1-27H. The number of furan rings is 1. The summed E-state index contributed by atoms with van der Waals surface area (Å²) in [5.41, 5.74) is 10.1. The van der Waals surface area contributed by atoms with Crippen LogP contribution in [0.25, 0.3) is 126 Å². The van der Waals surface area contributed by atoms with Gasteiger partial charge in [-0.15, -0.1) is 0 Å². The largest absolute Gasteiger partial charge is 0.450 e. The van der Waals surface area contributed by atoms with E-state index in [0.29, 0.717) is 17.3 Å². The minimum absolute atomic E-state index is 0.596. The maximum absolute atomic E-state index is 6.71. The summed E-state index contributed by atoms with van der Waals surface area (Å²) in [7, 11) is 0. The first-order chi connectivity index (χ1) is 27.8. The maximum atomic E-state index is 6.71. The molecule has 0 amide bonds. The molecule has 14 rings (SSSR count). The third-order valence-electron chi connectivity index (χ3n) is 12.1. The molecule has 14 aromatic rings. The normalized spacial score (nSPS) is 12.6. The van der Waals surface area contributed by atoms with Crippen LogP contribution in [0.1, 0.15) is 0 Å². The molecule has 0 spiro atoms. The number of para-hydroxylation sites is 5. The van der Waals surface area contributed by atoms with Crippen molar-refractivity contribution < 1.29 is 4.42 Å². The van der Waals surface area contributed by atoms with Crippen molar-refractivity contribution in [1.82, 2.24) is 23.5 Å². The molecular formula is C50H27N5O. The van der Waals surface area contributed by atoms with Crippen LogP contribution in [0, 0.1) is 0 Å². The van der Waals surface area contributed by atoms with Crippen molar-refractivity contribution in [2.24, 2.45) is 0 Å². The summed E-state index contributed by atoms with van der Waals surface area (Å²) < 4.78 is 13.7. The Morgan fingerprint density at radius 2 is 0.964 bits per heavy atom. The molecule has 0 unspecified atom stereocenters. The van der Waals surface area contributed by atoms with Gasteiger partial charge in [0.2, 0.25) is 5.95 Å². The number of rotatable bonds is 2. The van der Waals surface area contributed by atoms with E-state index in [9.17, 15) is 0 Å². The Bertz CT molecular complexity index is 3960. The molecule has 0 aliphatic heterocycles. The molecule has 0 aliphatic carbocycles. The van der Waals surface area contributed by atoms with Crippen molar-refractivity contribution in [2.45, 2.75) is 0 Å². The van der Waals surface area contributed by atoms with Crippen LogP contribution < -0.4 is 0 Å². The van der Waals surface area contributed by atoms with Gasteiger partial charge in [0.25, 0.3) is 0 Å². The van der Waals surface area contributed by atoms with Crippen LogP contribution in [0.2, 0.25) is 0 Å². The van der Waals surface area contributed by atoms with Crippen molar-refractivity contribution in [3.8, 4) is 11.8 Å². The molecule has 0 atom stereocenters. The summed E-state index contributed by atoms with van der Waals surface area (Å²) in [5, 5.41) is 13.0. The molecule has 6 heteroatoms. The average molecular weight is 714 g/mol. The highest BCUT2D eigenvalue weighted by molar-refractivity contribution is 6.36. The lowest BCUT2D eigenvalue weighted by Crippen LogP contribution is -2.06. The molecule has 0 N–H and O–H groups in total. The summed E-state index contributed by atoms with van der Waals surface area (Å²) in [6, 6.07) is 58.6. The highest BCUT2D eigenvalue weighted by Gasteiger charge is 2.27. The minimum Gasteiger partial charge on any atom is -0.450 e. The van der Waals surface area contributed by atoms with Crippen molar-refractivity contribution in [2.75, 3.05) is 0 Å². The molecule has 6 nitrogen and oxygen atoms in total. The molecule has 0 bridgehead atoms. The van der Waals surface area contributed by atoms with Crippen LogP contribution in [0.15, 0.2) is 168 Å². The molecule has 8 aromatic carbocycles. The van der Waals surface area contributed by atoms with E-state index in [1.54, 1.807) is 0 Å². The molecule has 6 aromatic heterocycles. The fourth-order valence-corrected chi connectivity index (χ4v) is 9.88. The monoisotopic (exact) mass is 713 g/mol. The second kappa shape index (κ2) is 10.1. The summed E-state index contributed by atoms with van der Waals surface area (Å²) in [4.78, 5) is 11.0. The van der Waals surface area contributed by atoms with Gasteiger partial charge in [-0.1, -0.05) is 109 Å². The van der Waals surface area contributed by atoms with Gasteiger partial charge in [-0.05, 0) is 65.4 Å². The fraction of sp³-hybridized carbons (Fsp3) is 0. The van der Waals surface area contributed by atoms with Crippen molar-refractivity contribution >= 4 is 115 Å². The van der Waals surface area contributed by atoms with E-state index in [1.807, 2.05) is 12.1 Å². The molecule has 56 heavy (non-hydrogen) atoms. The quantitative estimate of drug-likeness (QED) is 0.179. The Kier molecular flexibility index (Phi) is 5.18. The molecule has 0 fully saturated rings. The van der Waals surface area contributed by atoms with E-state index in [0.717, 1.165) is 54.7 Å². The summed E-state index contributed by atoms with van der Waals surface area (Å²) in [5.74, 6) is 1.31. The van der Waals surface area contributed by atoms with Crippen LogP contribution in [-0.2, 0) is 0 Å². The number of benzene rings is 8. The van der Waals surface area contributed by atoms with Crippen molar-refractivity contribution in [1.29, 1.82) is 0 Å². The maximum Gasteiger partial charge on any atom is 0.237 e. The first-order valence-electron chi connectivity index (χ1n) is 19.0. The van der Waals surface area contributed by atoms with Crippen molar-refractivity contribution in [3.63, 3.8) is 0 Å². The van der Waals surface area contributed by atoms with Gasteiger partial charge < -0.3 is 8.82 Å². The molecule has 0 aliphatic rings. The van der Waals surface area contributed by atoms with Gasteiger partial charge in [0, 0.05) is 48.5 Å². The van der Waals surface area contributed by atoms with Gasteiger partial charge in [0.1, 0.15) is 11.1 Å². The van der Waals surface area contributed by atoms with Crippen LogP contribution in [0.5, 0.6) is 0 Å². The molecular weight excluding hydrogens is 687 g/mol. The van der Waals surface area contributed by atoms with Crippen LogP contribution in [0.3, 0.4) is 0 Å². The average Bonchev–Trinajstić information content (AvgIpc) is 4.04. The molecule has 258 valence electrons. The first kappa shape index (κ1) is 28.8. The van der Waals surface area contributed by atoms with E-state index < -0.39 is 0 Å². The highest BCUT2D eigenvalue weighted by atomic mass is 16.3. The number of hydrogen-bond acceptors (Lipinski definition) is 3. The second-order valence-corrected chi connectivity index (χ2v) is 15.0. The van der Waals surface area contributed by atoms with E-state index in [2.05, 4.69) is 165 Å². The minimum atomic E-state index is 0.596. The summed E-state index contributed by atoms with van der Waals surface area (Å²) >= 11 is 0. The second-order valence-electron chi connectivity index (χ2n) is 15.0. The zero-order chi connectivity index (χ0) is 36.2. The summed E-state index contributed by atoms with van der Waals surface area (Å²) in [6.45, 7) is 0. The van der Waals surface area contributed by atoms with Crippen LogP contribution in [0.4, 0.5) is 0 Å². The highest BCUT2D eigenvalue weighted by Crippen LogP contribution is 2.47. The van der Waals surface area contributed by atoms with Gasteiger partial charge >= 0.3 is 0 Å². The first-order valence-corrected chi connectivity index (χ1v) is 19.0. The molecule has 6 heterocycles. The van der Waals surface area contributed by atoms with Gasteiger partial charge in [-0.3, -0.25) is 9.13 Å². The van der Waals surface area contributed by atoms with E-state index in [1.165, 1.54) is 54.3 Å². The zero-order valence-electron chi connectivity index (χ0n) is 29.7. The Morgan fingerprint density at radius 3 is 1.70 bits per heavy atom. The lowest BCUT2D eigenvalue weighted by Gasteiger charge is -2.12. The number of nitrogens with zero attached hydrogens (tertiary/aromatic N) is 5. The van der Waals surface area contributed by atoms with Gasteiger partial charge in [-0.2, -0.15) is 4.98 Å². The predicted molar refractivity (Wildman–Crippen MR) is 230 cm³/mol. The van der Waals surface area contributed by atoms with Crippen molar-refractivity contribution in [3.05, 3.63) is 164 Å². The van der Waals surface area contributed by atoms with E-state index in [4.69, 9.17) is 14.4 Å². The third kappa shape index (κ3) is 3.44. The van der Waals surface area contributed by atoms with Gasteiger partial charge in [-0.25, -0.2) is 4.98 Å².